The number of aromatic amines is 2. The minimum Gasteiger partial charge on any atom is -0.505 e. The van der Waals surface area contributed by atoms with Gasteiger partial charge in [-0.1, -0.05) is 32.0 Å². The summed E-state index contributed by atoms with van der Waals surface area (Å²) in [7, 11) is 0. The minimum absolute atomic E-state index is 0.154. The van der Waals surface area contributed by atoms with Gasteiger partial charge in [0.25, 0.3) is 0 Å². The van der Waals surface area contributed by atoms with Crippen LogP contribution in [-0.4, -0.2) is 20.2 Å². The van der Waals surface area contributed by atoms with Gasteiger partial charge in [0.05, 0.1) is 5.52 Å². The van der Waals surface area contributed by atoms with Gasteiger partial charge in [0, 0.05) is 16.3 Å². The van der Waals surface area contributed by atoms with Crippen LogP contribution in [0.4, 0.5) is 0 Å². The number of hydrogen-bond acceptors (Lipinski definition) is 2. The average molecular weight is 320 g/mol. The minimum atomic E-state index is 0.154. The molecule has 0 radical (unpaired) electrons. The van der Waals surface area contributed by atoms with Gasteiger partial charge in [0.1, 0.15) is 11.4 Å². The van der Waals surface area contributed by atoms with Crippen LogP contribution in [0, 0.1) is 0 Å². The molecule has 4 nitrogen and oxygen atoms in total. The second kappa shape index (κ2) is 5.34. The molecule has 0 saturated carbocycles. The van der Waals surface area contributed by atoms with Crippen LogP contribution in [0.3, 0.4) is 0 Å². The van der Waals surface area contributed by atoms with Gasteiger partial charge in [0.2, 0.25) is 0 Å². The third-order valence-corrected chi connectivity index (χ3v) is 4.73. The summed E-state index contributed by atoms with van der Waals surface area (Å²) in [6, 6.07) is 11.8. The Bertz CT molecular complexity index is 1060. The Kier molecular flexibility index (Phi) is 3.27. The molecule has 0 atom stereocenters. The second-order valence-corrected chi connectivity index (χ2v) is 6.13. The Labute approximate surface area is 139 Å². The summed E-state index contributed by atoms with van der Waals surface area (Å²) in [4.78, 5) is 6.50. The van der Waals surface area contributed by atoms with Gasteiger partial charge in [-0.3, -0.25) is 0 Å². The summed E-state index contributed by atoms with van der Waals surface area (Å²) in [6.07, 6.45) is 1.78. The van der Waals surface area contributed by atoms with Crippen molar-refractivity contribution >= 4 is 21.8 Å². The summed E-state index contributed by atoms with van der Waals surface area (Å²) < 4.78 is 0. The van der Waals surface area contributed by atoms with Crippen LogP contribution in [0.25, 0.3) is 33.2 Å². The molecule has 0 aliphatic carbocycles. The zero-order chi connectivity index (χ0) is 16.8. The van der Waals surface area contributed by atoms with Crippen molar-refractivity contribution in [3.8, 4) is 22.9 Å². The number of benzene rings is 2. The van der Waals surface area contributed by atoms with Crippen molar-refractivity contribution in [1.82, 2.24) is 9.97 Å². The molecule has 0 bridgehead atoms. The Morgan fingerprint density at radius 3 is 2.25 bits per heavy atom. The zero-order valence-corrected chi connectivity index (χ0v) is 13.8. The summed E-state index contributed by atoms with van der Waals surface area (Å²) in [5, 5.41) is 22.9. The lowest BCUT2D eigenvalue weighted by Crippen LogP contribution is -1.87. The van der Waals surface area contributed by atoms with Crippen LogP contribution in [0.15, 0.2) is 36.4 Å². The van der Waals surface area contributed by atoms with Gasteiger partial charge < -0.3 is 20.2 Å². The summed E-state index contributed by atoms with van der Waals surface area (Å²) >= 11 is 0. The van der Waals surface area contributed by atoms with Crippen LogP contribution < -0.4 is 0 Å². The van der Waals surface area contributed by atoms with Crippen molar-refractivity contribution in [2.75, 3.05) is 0 Å². The van der Waals surface area contributed by atoms with E-state index in [1.54, 1.807) is 0 Å². The fourth-order valence-electron chi connectivity index (χ4n) is 3.44. The largest absolute Gasteiger partial charge is 0.505 e. The van der Waals surface area contributed by atoms with E-state index in [9.17, 15) is 10.2 Å². The maximum absolute atomic E-state index is 10.8. The third-order valence-electron chi connectivity index (χ3n) is 4.73. The van der Waals surface area contributed by atoms with Gasteiger partial charge in [-0.05, 0) is 42.2 Å². The lowest BCUT2D eigenvalue weighted by Gasteiger charge is -2.04. The first-order chi connectivity index (χ1) is 11.6. The van der Waals surface area contributed by atoms with E-state index in [0.29, 0.717) is 11.4 Å². The van der Waals surface area contributed by atoms with E-state index in [1.807, 2.05) is 24.3 Å². The van der Waals surface area contributed by atoms with Crippen molar-refractivity contribution in [3.05, 3.63) is 47.5 Å². The van der Waals surface area contributed by atoms with Gasteiger partial charge in [-0.2, -0.15) is 0 Å². The van der Waals surface area contributed by atoms with Crippen LogP contribution >= 0.6 is 0 Å². The molecule has 2 aromatic heterocycles. The number of fused-ring (bicyclic) bond motifs is 2. The molecule has 0 aliphatic rings. The standard InChI is InChI=1S/C20H20N2O2/c1-3-11-9-12(4-2)16-15(10-11)22-18(20(16)24)17-19(23)13-7-5-6-8-14(13)21-17/h5-10,21-24H,3-4H2,1-2H3. The quantitative estimate of drug-likeness (QED) is 0.435. The van der Waals surface area contributed by atoms with Gasteiger partial charge in [-0.15, -0.1) is 0 Å². The molecule has 4 aromatic rings. The molecule has 0 saturated heterocycles. The number of nitrogens with one attached hydrogen (secondary N) is 2. The molecule has 4 rings (SSSR count). The fraction of sp³-hybridized carbons (Fsp3) is 0.200. The number of rotatable bonds is 3. The predicted molar refractivity (Wildman–Crippen MR) is 97.7 cm³/mol. The van der Waals surface area contributed by atoms with E-state index in [2.05, 4.69) is 35.9 Å². The number of aryl methyl sites for hydroxylation is 2. The average Bonchev–Trinajstić information content (AvgIpc) is 3.12. The first-order valence-electron chi connectivity index (χ1n) is 8.30. The molecule has 0 amide bonds. The molecular formula is C20H20N2O2. The highest BCUT2D eigenvalue weighted by Crippen LogP contribution is 2.43. The smallest absolute Gasteiger partial charge is 0.150 e. The number of H-pyrrole nitrogens is 2. The highest BCUT2D eigenvalue weighted by molar-refractivity contribution is 6.00. The topological polar surface area (TPSA) is 72.0 Å². The van der Waals surface area contributed by atoms with Crippen LogP contribution in [-0.2, 0) is 12.8 Å². The van der Waals surface area contributed by atoms with E-state index < -0.39 is 0 Å². The lowest BCUT2D eigenvalue weighted by molar-refractivity contribution is 0.475. The number of hydrogen-bond donors (Lipinski definition) is 4. The first-order valence-corrected chi connectivity index (χ1v) is 8.30. The van der Waals surface area contributed by atoms with Crippen molar-refractivity contribution < 1.29 is 10.2 Å². The molecular weight excluding hydrogens is 300 g/mol. The Morgan fingerprint density at radius 1 is 0.833 bits per heavy atom. The van der Waals surface area contributed by atoms with Crippen molar-refractivity contribution in [1.29, 1.82) is 0 Å². The van der Waals surface area contributed by atoms with E-state index in [0.717, 1.165) is 40.2 Å². The van der Waals surface area contributed by atoms with Gasteiger partial charge >= 0.3 is 0 Å². The highest BCUT2D eigenvalue weighted by Gasteiger charge is 2.20. The van der Waals surface area contributed by atoms with E-state index >= 15 is 0 Å². The number of aromatic hydroxyl groups is 2. The highest BCUT2D eigenvalue weighted by atomic mass is 16.3. The summed E-state index contributed by atoms with van der Waals surface area (Å²) in [6.45, 7) is 4.20. The summed E-state index contributed by atoms with van der Waals surface area (Å²) in [5.41, 5.74) is 5.13. The Hall–Kier alpha value is -2.88. The molecule has 0 aliphatic heterocycles. The molecule has 0 unspecified atom stereocenters. The van der Waals surface area contributed by atoms with Gasteiger partial charge in [0.15, 0.2) is 11.5 Å². The molecule has 4 N–H and O–H groups in total. The molecule has 2 aromatic carbocycles. The number of para-hydroxylation sites is 1. The van der Waals surface area contributed by atoms with E-state index in [-0.39, 0.29) is 11.5 Å². The lowest BCUT2D eigenvalue weighted by atomic mass is 10.0. The fourth-order valence-corrected chi connectivity index (χ4v) is 3.44. The zero-order valence-electron chi connectivity index (χ0n) is 13.8. The van der Waals surface area contributed by atoms with Crippen LogP contribution in [0.2, 0.25) is 0 Å². The van der Waals surface area contributed by atoms with Gasteiger partial charge in [-0.25, -0.2) is 0 Å². The molecule has 4 heteroatoms. The molecule has 2 heterocycles. The number of aromatic nitrogens is 2. The van der Waals surface area contributed by atoms with E-state index in [4.69, 9.17) is 0 Å². The van der Waals surface area contributed by atoms with Crippen molar-refractivity contribution in [2.45, 2.75) is 26.7 Å². The molecule has 0 spiro atoms. The van der Waals surface area contributed by atoms with E-state index in [1.165, 1.54) is 5.56 Å². The Balaban J connectivity index is 2.03. The maximum atomic E-state index is 10.8. The maximum Gasteiger partial charge on any atom is 0.150 e. The van der Waals surface area contributed by atoms with Crippen molar-refractivity contribution in [3.63, 3.8) is 0 Å². The normalized spacial score (nSPS) is 11.6. The monoisotopic (exact) mass is 320 g/mol. The Morgan fingerprint density at radius 2 is 1.54 bits per heavy atom. The van der Waals surface area contributed by atoms with Crippen molar-refractivity contribution in [2.24, 2.45) is 0 Å². The molecule has 24 heavy (non-hydrogen) atoms. The molecule has 0 fully saturated rings. The third kappa shape index (κ3) is 1.99. The predicted octanol–water partition coefficient (Wildman–Crippen LogP) is 4.85. The SMILES string of the molecule is CCc1cc(CC)c2c(O)c(-c3[nH]c4ccccc4c3O)[nH]c2c1. The van der Waals surface area contributed by atoms with Crippen LogP contribution in [0.5, 0.6) is 11.5 Å². The summed E-state index contributed by atoms with van der Waals surface area (Å²) in [5.74, 6) is 0.340. The first kappa shape index (κ1) is 14.7. The van der Waals surface area contributed by atoms with Crippen LogP contribution in [0.1, 0.15) is 25.0 Å². The molecule has 122 valence electrons. The second-order valence-electron chi connectivity index (χ2n) is 6.13.